The van der Waals surface area contributed by atoms with E-state index in [2.05, 4.69) is 53.2 Å². The minimum Gasteiger partial charge on any atom is -0.371 e. The smallest absolute Gasteiger partial charge is 0.274 e. The maximum atomic E-state index is 13.3. The molecule has 3 aromatic rings. The molecule has 7 rings (SSSR count). The molecule has 2 aromatic heterocycles. The number of imide groups is 2. The number of fused-ring (bicyclic) bond motifs is 1. The minimum absolute atomic E-state index is 0.0951. The van der Waals surface area contributed by atoms with Gasteiger partial charge in [0, 0.05) is 74.6 Å². The van der Waals surface area contributed by atoms with Crippen molar-refractivity contribution in [3.63, 3.8) is 0 Å². The van der Waals surface area contributed by atoms with Crippen molar-refractivity contribution < 1.29 is 19.2 Å². The van der Waals surface area contributed by atoms with Gasteiger partial charge in [-0.2, -0.15) is 0 Å². The fraction of sp³-hybridized carbons (Fsp3) is 0.412. The van der Waals surface area contributed by atoms with Gasteiger partial charge in [0.25, 0.3) is 17.4 Å². The SMILES string of the molecule is C[C@H]1CN(C2CCN(c3ccc4c(c3)C(=O)N(C3CCC(=O)NC3=O)C4=O)CC2)CCN1c1ccc(Nc2cc(Br)cn(C)c2=O)nc1. The molecule has 0 bridgehead atoms. The normalized spacial score (nSPS) is 22.3. The molecule has 0 spiro atoms. The van der Waals surface area contributed by atoms with E-state index in [1.807, 2.05) is 24.4 Å². The van der Waals surface area contributed by atoms with Crippen molar-refractivity contribution in [3.8, 4) is 0 Å². The van der Waals surface area contributed by atoms with Crippen LogP contribution in [0.1, 0.15) is 53.3 Å². The molecule has 0 aliphatic carbocycles. The Balaban J connectivity index is 0.937. The first-order valence-corrected chi connectivity index (χ1v) is 17.1. The summed E-state index contributed by atoms with van der Waals surface area (Å²) in [5, 5.41) is 5.37. The number of carbonyl (C=O) groups excluding carboxylic acids is 4. The molecule has 1 aromatic carbocycles. The largest absolute Gasteiger partial charge is 0.371 e. The third-order valence-electron chi connectivity index (χ3n) is 9.92. The standard InChI is InChI=1S/C34H37BrN8O5/c1-20-18-41(13-14-42(20)24-4-7-29(36-17-24)37-27-15-21(35)19-39(2)34(27)48)22-9-11-40(12-10-22)23-3-5-25-26(16-23)33(47)43(32(25)46)28-6-8-30(44)38-31(28)45/h3-5,7,15-17,19-20,22,28H,6,8-14,18H2,1-2H3,(H,36,37)(H,38,44,45)/t20-,28?/m0/s1. The molecule has 4 aliphatic rings. The van der Waals surface area contributed by atoms with Crippen molar-refractivity contribution in [2.45, 2.75) is 50.7 Å². The van der Waals surface area contributed by atoms with Crippen LogP contribution in [0, 0.1) is 0 Å². The Morgan fingerprint density at radius 2 is 1.65 bits per heavy atom. The summed E-state index contributed by atoms with van der Waals surface area (Å²) in [5.41, 5.74) is 2.87. The zero-order chi connectivity index (χ0) is 33.7. The molecule has 0 radical (unpaired) electrons. The zero-order valence-electron chi connectivity index (χ0n) is 26.8. The van der Waals surface area contributed by atoms with Crippen molar-refractivity contribution in [1.29, 1.82) is 0 Å². The number of hydrogen-bond acceptors (Lipinski definition) is 10. The predicted octanol–water partition coefficient (Wildman–Crippen LogP) is 2.87. The molecule has 3 fully saturated rings. The average Bonchev–Trinajstić information content (AvgIpc) is 3.32. The highest BCUT2D eigenvalue weighted by atomic mass is 79.9. The van der Waals surface area contributed by atoms with E-state index in [9.17, 15) is 24.0 Å². The number of aromatic nitrogens is 2. The van der Waals surface area contributed by atoms with Gasteiger partial charge in [0.1, 0.15) is 17.5 Å². The van der Waals surface area contributed by atoms with Gasteiger partial charge >= 0.3 is 0 Å². The van der Waals surface area contributed by atoms with Gasteiger partial charge < -0.3 is 19.7 Å². The molecular weight excluding hydrogens is 680 g/mol. The van der Waals surface area contributed by atoms with Crippen molar-refractivity contribution in [1.82, 2.24) is 24.7 Å². The Hall–Kier alpha value is -4.56. The van der Waals surface area contributed by atoms with Gasteiger partial charge in [-0.3, -0.25) is 39.1 Å². The van der Waals surface area contributed by atoms with Crippen LogP contribution >= 0.6 is 15.9 Å². The quantitative estimate of drug-likeness (QED) is 0.366. The van der Waals surface area contributed by atoms with E-state index in [1.54, 1.807) is 31.4 Å². The van der Waals surface area contributed by atoms with Gasteiger partial charge in [-0.05, 0) is 78.5 Å². The molecule has 4 aliphatic heterocycles. The number of pyridine rings is 2. The number of rotatable bonds is 6. The summed E-state index contributed by atoms with van der Waals surface area (Å²) in [7, 11) is 1.71. The fourth-order valence-electron chi connectivity index (χ4n) is 7.37. The lowest BCUT2D eigenvalue weighted by Gasteiger charge is -2.46. The van der Waals surface area contributed by atoms with E-state index in [0.717, 1.165) is 66.3 Å². The molecule has 1 unspecified atom stereocenters. The Bertz CT molecular complexity index is 1850. The second-order valence-corrected chi connectivity index (χ2v) is 13.9. The number of anilines is 4. The third kappa shape index (κ3) is 5.98. The first-order valence-electron chi connectivity index (χ1n) is 16.3. The summed E-state index contributed by atoms with van der Waals surface area (Å²) < 4.78 is 2.32. The Morgan fingerprint density at radius 1 is 0.896 bits per heavy atom. The Kier molecular flexibility index (Phi) is 8.54. The number of benzene rings is 1. The Labute approximate surface area is 286 Å². The molecule has 0 saturated carbocycles. The Morgan fingerprint density at radius 3 is 2.35 bits per heavy atom. The van der Waals surface area contributed by atoms with Crippen LogP contribution in [-0.4, -0.2) is 93.8 Å². The summed E-state index contributed by atoms with van der Waals surface area (Å²) in [6.07, 6.45) is 5.77. The van der Waals surface area contributed by atoms with Crippen LogP contribution in [0.5, 0.6) is 0 Å². The van der Waals surface area contributed by atoms with Gasteiger partial charge in [0.2, 0.25) is 11.8 Å². The van der Waals surface area contributed by atoms with Gasteiger partial charge in [-0.1, -0.05) is 0 Å². The van der Waals surface area contributed by atoms with Gasteiger partial charge in [0.15, 0.2) is 0 Å². The molecule has 3 saturated heterocycles. The van der Waals surface area contributed by atoms with Gasteiger partial charge in [-0.15, -0.1) is 0 Å². The van der Waals surface area contributed by atoms with E-state index in [-0.39, 0.29) is 24.3 Å². The molecular formula is C34H37BrN8O5. The number of aryl methyl sites for hydroxylation is 1. The molecule has 14 heteroatoms. The number of piperidine rings is 2. The summed E-state index contributed by atoms with van der Waals surface area (Å²) in [5.74, 6) is -1.35. The molecule has 2 atom stereocenters. The molecule has 48 heavy (non-hydrogen) atoms. The van der Waals surface area contributed by atoms with Gasteiger partial charge in [-0.25, -0.2) is 4.98 Å². The van der Waals surface area contributed by atoms with E-state index >= 15 is 0 Å². The highest BCUT2D eigenvalue weighted by molar-refractivity contribution is 9.10. The average molecular weight is 718 g/mol. The van der Waals surface area contributed by atoms with Crippen molar-refractivity contribution in [2.75, 3.05) is 47.8 Å². The van der Waals surface area contributed by atoms with Crippen molar-refractivity contribution in [3.05, 3.63) is 74.7 Å². The molecule has 6 heterocycles. The summed E-state index contributed by atoms with van der Waals surface area (Å²) in [6.45, 7) is 6.65. The van der Waals surface area contributed by atoms with Crippen LogP contribution in [0.4, 0.5) is 22.9 Å². The number of halogens is 1. The van der Waals surface area contributed by atoms with E-state index in [0.29, 0.717) is 34.7 Å². The number of nitrogens with zero attached hydrogens (tertiary/aromatic N) is 6. The van der Waals surface area contributed by atoms with E-state index in [4.69, 9.17) is 0 Å². The van der Waals surface area contributed by atoms with Crippen LogP contribution in [0.15, 0.2) is 58.1 Å². The van der Waals surface area contributed by atoms with Crippen LogP contribution in [0.2, 0.25) is 0 Å². The van der Waals surface area contributed by atoms with Gasteiger partial charge in [0.05, 0.1) is 23.0 Å². The zero-order valence-corrected chi connectivity index (χ0v) is 28.4. The third-order valence-corrected chi connectivity index (χ3v) is 10.4. The lowest BCUT2D eigenvalue weighted by atomic mass is 9.99. The lowest BCUT2D eigenvalue weighted by Crippen LogP contribution is -2.57. The first kappa shape index (κ1) is 32.0. The van der Waals surface area contributed by atoms with Crippen LogP contribution < -0.4 is 26.0 Å². The minimum atomic E-state index is -0.968. The van der Waals surface area contributed by atoms with Crippen LogP contribution in [0.25, 0.3) is 0 Å². The van der Waals surface area contributed by atoms with Crippen molar-refractivity contribution in [2.24, 2.45) is 7.05 Å². The number of amides is 4. The lowest BCUT2D eigenvalue weighted by molar-refractivity contribution is -0.136. The second kappa shape index (κ2) is 12.8. The van der Waals surface area contributed by atoms with Crippen molar-refractivity contribution >= 4 is 62.4 Å². The maximum absolute atomic E-state index is 13.3. The maximum Gasteiger partial charge on any atom is 0.274 e. The van der Waals surface area contributed by atoms with Crippen LogP contribution in [0.3, 0.4) is 0 Å². The summed E-state index contributed by atoms with van der Waals surface area (Å²) in [4.78, 5) is 75.7. The number of nitrogens with one attached hydrogen (secondary N) is 2. The highest BCUT2D eigenvalue weighted by Crippen LogP contribution is 2.33. The number of piperazine rings is 1. The highest BCUT2D eigenvalue weighted by Gasteiger charge is 2.45. The van der Waals surface area contributed by atoms with Crippen LogP contribution in [-0.2, 0) is 16.6 Å². The fourth-order valence-corrected chi connectivity index (χ4v) is 7.91. The van der Waals surface area contributed by atoms with E-state index < -0.39 is 23.8 Å². The monoisotopic (exact) mass is 716 g/mol. The molecule has 2 N–H and O–H groups in total. The number of carbonyl (C=O) groups is 4. The molecule has 250 valence electrons. The predicted molar refractivity (Wildman–Crippen MR) is 184 cm³/mol. The first-order chi connectivity index (χ1) is 23.1. The second-order valence-electron chi connectivity index (χ2n) is 12.9. The van der Waals surface area contributed by atoms with E-state index in [1.165, 1.54) is 4.57 Å². The topological polar surface area (TPSA) is 140 Å². The molecule has 13 nitrogen and oxygen atoms in total. The number of hydrogen-bond donors (Lipinski definition) is 2. The summed E-state index contributed by atoms with van der Waals surface area (Å²) in [6, 6.07) is 10.8. The summed E-state index contributed by atoms with van der Waals surface area (Å²) >= 11 is 3.43. The molecule has 4 amide bonds.